The molecular weight excluding hydrogens is 348 g/mol. The Labute approximate surface area is 159 Å². The summed E-state index contributed by atoms with van der Waals surface area (Å²) in [4.78, 5) is 39.0. The number of amides is 2. The van der Waals surface area contributed by atoms with Gasteiger partial charge in [-0.25, -0.2) is 0 Å². The number of hydrogen-bond donors (Lipinski definition) is 1. The molecule has 7 nitrogen and oxygen atoms in total. The van der Waals surface area contributed by atoms with Crippen LogP contribution in [-0.4, -0.2) is 66.5 Å². The number of likely N-dealkylation sites (tertiary alicyclic amines) is 1. The number of aliphatic carboxylic acids is 1. The molecule has 1 aliphatic rings. The average Bonchev–Trinajstić information content (AvgIpc) is 2.67. The van der Waals surface area contributed by atoms with Crippen LogP contribution < -0.4 is 4.74 Å². The van der Waals surface area contributed by atoms with E-state index < -0.39 is 5.97 Å². The second kappa shape index (κ2) is 9.39. The van der Waals surface area contributed by atoms with Gasteiger partial charge in [-0.05, 0) is 30.4 Å². The van der Waals surface area contributed by atoms with Crippen molar-refractivity contribution in [1.29, 1.82) is 0 Å². The molecule has 0 saturated carbocycles. The van der Waals surface area contributed by atoms with Crippen LogP contribution in [0.25, 0.3) is 0 Å². The lowest BCUT2D eigenvalue weighted by Crippen LogP contribution is -2.45. The highest BCUT2D eigenvalue weighted by Crippen LogP contribution is 2.28. The van der Waals surface area contributed by atoms with Crippen molar-refractivity contribution in [1.82, 2.24) is 9.80 Å². The van der Waals surface area contributed by atoms with Gasteiger partial charge in [-0.1, -0.05) is 25.1 Å². The molecule has 0 spiro atoms. The molecule has 0 radical (unpaired) electrons. The van der Waals surface area contributed by atoms with Gasteiger partial charge in [-0.15, -0.1) is 0 Å². The summed E-state index contributed by atoms with van der Waals surface area (Å²) in [6.45, 7) is 2.82. The summed E-state index contributed by atoms with van der Waals surface area (Å²) in [5.41, 5.74) is 0.962. The monoisotopic (exact) mass is 376 g/mol. The summed E-state index contributed by atoms with van der Waals surface area (Å²) in [6, 6.07) is 7.60. The number of carbonyl (C=O) groups is 3. The van der Waals surface area contributed by atoms with Gasteiger partial charge in [0.2, 0.25) is 11.8 Å². The number of carboxylic acid groups (broad SMARTS) is 1. The first kappa shape index (κ1) is 20.7. The summed E-state index contributed by atoms with van der Waals surface area (Å²) < 4.78 is 5.35. The van der Waals surface area contributed by atoms with Crippen LogP contribution >= 0.6 is 0 Å². The number of rotatable bonds is 7. The Morgan fingerprint density at radius 3 is 2.48 bits per heavy atom. The molecule has 1 unspecified atom stereocenters. The number of carboxylic acids is 1. The van der Waals surface area contributed by atoms with Crippen LogP contribution in [-0.2, 0) is 14.4 Å². The van der Waals surface area contributed by atoms with Crippen molar-refractivity contribution in [3.8, 4) is 5.75 Å². The number of hydrogen-bond acceptors (Lipinski definition) is 4. The van der Waals surface area contributed by atoms with E-state index in [1.807, 2.05) is 31.2 Å². The highest BCUT2D eigenvalue weighted by molar-refractivity contribution is 5.85. The zero-order valence-corrected chi connectivity index (χ0v) is 16.2. The van der Waals surface area contributed by atoms with Crippen LogP contribution in [0.2, 0.25) is 0 Å². The second-order valence-electron chi connectivity index (χ2n) is 7.09. The molecule has 1 aromatic rings. The minimum absolute atomic E-state index is 0.00914. The Kier molecular flexibility index (Phi) is 7.21. The topological polar surface area (TPSA) is 87.2 Å². The largest absolute Gasteiger partial charge is 0.496 e. The fourth-order valence-corrected chi connectivity index (χ4v) is 3.37. The molecular formula is C20H28N2O5. The van der Waals surface area contributed by atoms with Gasteiger partial charge in [0.15, 0.2) is 0 Å². The molecule has 1 aromatic carbocycles. The summed E-state index contributed by atoms with van der Waals surface area (Å²) in [5, 5.41) is 9.03. The van der Waals surface area contributed by atoms with E-state index in [2.05, 4.69) is 0 Å². The molecule has 1 fully saturated rings. The summed E-state index contributed by atoms with van der Waals surface area (Å²) in [5.74, 6) is -0.716. The molecule has 1 aliphatic heterocycles. The number of carbonyl (C=O) groups excluding carboxylic acids is 2. The van der Waals surface area contributed by atoms with Crippen molar-refractivity contribution in [2.75, 3.05) is 33.8 Å². The third-order valence-electron chi connectivity index (χ3n) is 5.15. The third kappa shape index (κ3) is 5.45. The number of para-hydroxylation sites is 1. The van der Waals surface area contributed by atoms with Crippen LogP contribution in [0.1, 0.15) is 37.7 Å². The van der Waals surface area contributed by atoms with E-state index in [0.29, 0.717) is 25.9 Å². The minimum atomic E-state index is -0.806. The zero-order valence-electron chi connectivity index (χ0n) is 16.2. The first-order valence-corrected chi connectivity index (χ1v) is 9.21. The van der Waals surface area contributed by atoms with Crippen molar-refractivity contribution < 1.29 is 24.2 Å². The van der Waals surface area contributed by atoms with Crippen LogP contribution in [0.5, 0.6) is 5.75 Å². The van der Waals surface area contributed by atoms with Gasteiger partial charge in [0.25, 0.3) is 0 Å². The number of piperidine rings is 1. The first-order valence-electron chi connectivity index (χ1n) is 9.21. The first-order chi connectivity index (χ1) is 12.8. The molecule has 1 N–H and O–H groups in total. The van der Waals surface area contributed by atoms with E-state index in [0.717, 1.165) is 11.3 Å². The van der Waals surface area contributed by atoms with Crippen molar-refractivity contribution in [3.05, 3.63) is 29.8 Å². The Morgan fingerprint density at radius 1 is 1.26 bits per heavy atom. The zero-order chi connectivity index (χ0) is 20.0. The number of benzene rings is 1. The van der Waals surface area contributed by atoms with E-state index in [4.69, 9.17) is 9.84 Å². The Balaban J connectivity index is 1.86. The number of nitrogens with zero attached hydrogens (tertiary/aromatic N) is 2. The third-order valence-corrected chi connectivity index (χ3v) is 5.15. The van der Waals surface area contributed by atoms with Crippen LogP contribution in [0.4, 0.5) is 0 Å². The minimum Gasteiger partial charge on any atom is -0.496 e. The molecule has 7 heteroatoms. The lowest BCUT2D eigenvalue weighted by Gasteiger charge is -2.31. The molecule has 0 bridgehead atoms. The number of methoxy groups -OCH3 is 1. The highest BCUT2D eigenvalue weighted by atomic mass is 16.5. The molecule has 1 atom stereocenters. The van der Waals surface area contributed by atoms with Crippen molar-refractivity contribution in [2.24, 2.45) is 5.92 Å². The molecule has 27 heavy (non-hydrogen) atoms. The Bertz CT molecular complexity index is 683. The Morgan fingerprint density at radius 2 is 1.89 bits per heavy atom. The quantitative estimate of drug-likeness (QED) is 0.786. The molecule has 0 aromatic heterocycles. The van der Waals surface area contributed by atoms with Crippen molar-refractivity contribution in [2.45, 2.75) is 32.1 Å². The molecule has 1 saturated heterocycles. The van der Waals surface area contributed by atoms with Gasteiger partial charge in [0.1, 0.15) is 5.75 Å². The average molecular weight is 376 g/mol. The number of likely N-dealkylation sites (N-methyl/N-ethyl adjacent to an activating group) is 1. The lowest BCUT2D eigenvalue weighted by molar-refractivity contribution is -0.146. The SMILES string of the molecule is COc1ccccc1C(C)CC(=O)N(C)CC(=O)N1CCC(C(=O)O)CC1. The summed E-state index contributed by atoms with van der Waals surface area (Å²) in [6.07, 6.45) is 1.21. The maximum atomic E-state index is 12.5. The standard InChI is InChI=1S/C20H28N2O5/c1-14(16-6-4-5-7-17(16)27-3)12-18(23)21(2)13-19(24)22-10-8-15(9-11-22)20(25)26/h4-7,14-15H,8-13H2,1-3H3,(H,25,26). The molecule has 2 amide bonds. The predicted octanol–water partition coefficient (Wildman–Crippen LogP) is 1.97. The van der Waals surface area contributed by atoms with E-state index in [-0.39, 0.29) is 36.6 Å². The van der Waals surface area contributed by atoms with Gasteiger partial charge in [-0.3, -0.25) is 14.4 Å². The summed E-state index contributed by atoms with van der Waals surface area (Å²) in [7, 11) is 3.23. The smallest absolute Gasteiger partial charge is 0.306 e. The fourth-order valence-electron chi connectivity index (χ4n) is 3.37. The second-order valence-corrected chi connectivity index (χ2v) is 7.09. The van der Waals surface area contributed by atoms with Gasteiger partial charge in [0, 0.05) is 26.6 Å². The van der Waals surface area contributed by atoms with E-state index in [9.17, 15) is 14.4 Å². The van der Waals surface area contributed by atoms with Gasteiger partial charge < -0.3 is 19.6 Å². The maximum absolute atomic E-state index is 12.5. The van der Waals surface area contributed by atoms with E-state index in [1.165, 1.54) is 4.90 Å². The van der Waals surface area contributed by atoms with Gasteiger partial charge >= 0.3 is 5.97 Å². The van der Waals surface area contributed by atoms with E-state index >= 15 is 0 Å². The molecule has 1 heterocycles. The van der Waals surface area contributed by atoms with Crippen LogP contribution in [0.3, 0.4) is 0 Å². The highest BCUT2D eigenvalue weighted by Gasteiger charge is 2.28. The molecule has 2 rings (SSSR count). The van der Waals surface area contributed by atoms with Crippen molar-refractivity contribution in [3.63, 3.8) is 0 Å². The Hall–Kier alpha value is -2.57. The normalized spacial score (nSPS) is 15.9. The van der Waals surface area contributed by atoms with Crippen molar-refractivity contribution >= 4 is 17.8 Å². The molecule has 148 valence electrons. The maximum Gasteiger partial charge on any atom is 0.306 e. The fraction of sp³-hybridized carbons (Fsp3) is 0.550. The van der Waals surface area contributed by atoms with Crippen LogP contribution in [0.15, 0.2) is 24.3 Å². The number of ether oxygens (including phenoxy) is 1. The van der Waals surface area contributed by atoms with Gasteiger partial charge in [-0.2, -0.15) is 0 Å². The van der Waals surface area contributed by atoms with Gasteiger partial charge in [0.05, 0.1) is 19.6 Å². The lowest BCUT2D eigenvalue weighted by atomic mass is 9.96. The predicted molar refractivity (Wildman–Crippen MR) is 101 cm³/mol. The molecule has 0 aliphatic carbocycles. The summed E-state index contributed by atoms with van der Waals surface area (Å²) >= 11 is 0. The van der Waals surface area contributed by atoms with Crippen LogP contribution in [0, 0.1) is 5.92 Å². The van der Waals surface area contributed by atoms with E-state index in [1.54, 1.807) is 19.1 Å².